The van der Waals surface area contributed by atoms with Crippen LogP contribution in [0.15, 0.2) is 17.0 Å². The summed E-state index contributed by atoms with van der Waals surface area (Å²) in [5.41, 5.74) is 0. The van der Waals surface area contributed by atoms with Crippen LogP contribution in [-0.4, -0.2) is 22.7 Å². The van der Waals surface area contributed by atoms with Crippen LogP contribution in [-0.2, 0) is 9.53 Å². The van der Waals surface area contributed by atoms with Crippen LogP contribution in [0, 0.1) is 0 Å². The van der Waals surface area contributed by atoms with E-state index in [1.54, 1.807) is 6.92 Å². The standard InChI is InChI=1S/C8H11NO4/c1-2-12-8(11)3-6(10)7-4-9-5-13-7/h4-6,10H,2-3H2,1H3. The van der Waals surface area contributed by atoms with Gasteiger partial charge in [0.05, 0.1) is 19.2 Å². The van der Waals surface area contributed by atoms with E-state index < -0.39 is 12.1 Å². The molecule has 1 aromatic rings. The number of oxazole rings is 1. The van der Waals surface area contributed by atoms with E-state index in [1.807, 2.05) is 0 Å². The number of aliphatic hydroxyl groups is 1. The monoisotopic (exact) mass is 185 g/mol. The second kappa shape index (κ2) is 4.61. The molecule has 1 aromatic heterocycles. The highest BCUT2D eigenvalue weighted by Crippen LogP contribution is 2.15. The SMILES string of the molecule is CCOC(=O)CC(O)c1cnco1. The molecule has 1 heterocycles. The number of aromatic nitrogens is 1. The van der Waals surface area contributed by atoms with Crippen LogP contribution in [0.4, 0.5) is 0 Å². The van der Waals surface area contributed by atoms with Crippen molar-refractivity contribution in [3.05, 3.63) is 18.4 Å². The van der Waals surface area contributed by atoms with Crippen molar-refractivity contribution >= 4 is 5.97 Å². The van der Waals surface area contributed by atoms with Crippen molar-refractivity contribution in [2.75, 3.05) is 6.61 Å². The van der Waals surface area contributed by atoms with Gasteiger partial charge in [-0.3, -0.25) is 4.79 Å². The summed E-state index contributed by atoms with van der Waals surface area (Å²) in [6.07, 6.45) is 1.48. The summed E-state index contributed by atoms with van der Waals surface area (Å²) in [7, 11) is 0. The molecule has 1 N–H and O–H groups in total. The third kappa shape index (κ3) is 2.87. The number of hydrogen-bond donors (Lipinski definition) is 1. The molecule has 1 unspecified atom stereocenters. The van der Waals surface area contributed by atoms with Crippen molar-refractivity contribution in [3.8, 4) is 0 Å². The molecule has 0 aliphatic heterocycles. The smallest absolute Gasteiger partial charge is 0.308 e. The Morgan fingerprint density at radius 2 is 2.62 bits per heavy atom. The van der Waals surface area contributed by atoms with E-state index in [2.05, 4.69) is 9.72 Å². The van der Waals surface area contributed by atoms with Crippen LogP contribution in [0.1, 0.15) is 25.2 Å². The van der Waals surface area contributed by atoms with Gasteiger partial charge < -0.3 is 14.3 Å². The Hall–Kier alpha value is -1.36. The maximum Gasteiger partial charge on any atom is 0.308 e. The minimum atomic E-state index is -0.971. The molecule has 0 aliphatic carbocycles. The Balaban J connectivity index is 2.42. The fourth-order valence-electron chi connectivity index (χ4n) is 0.869. The van der Waals surface area contributed by atoms with Crippen molar-refractivity contribution in [3.63, 3.8) is 0 Å². The molecule has 0 bridgehead atoms. The Labute approximate surface area is 75.3 Å². The zero-order valence-corrected chi connectivity index (χ0v) is 7.27. The lowest BCUT2D eigenvalue weighted by Crippen LogP contribution is -2.09. The summed E-state index contributed by atoms with van der Waals surface area (Å²) in [6, 6.07) is 0. The molecule has 72 valence electrons. The van der Waals surface area contributed by atoms with Crippen LogP contribution in [0.5, 0.6) is 0 Å². The van der Waals surface area contributed by atoms with Gasteiger partial charge in [-0.2, -0.15) is 0 Å². The van der Waals surface area contributed by atoms with Crippen molar-refractivity contribution in [1.29, 1.82) is 0 Å². The largest absolute Gasteiger partial charge is 0.466 e. The van der Waals surface area contributed by atoms with Crippen molar-refractivity contribution in [2.45, 2.75) is 19.4 Å². The molecule has 0 aliphatic rings. The molecule has 0 saturated heterocycles. The third-order valence-electron chi connectivity index (χ3n) is 1.45. The molecule has 1 atom stereocenters. The molecule has 0 saturated carbocycles. The number of carbonyl (C=O) groups excluding carboxylic acids is 1. The maximum absolute atomic E-state index is 10.9. The molecule has 13 heavy (non-hydrogen) atoms. The summed E-state index contributed by atoms with van der Waals surface area (Å²) in [4.78, 5) is 14.5. The fraction of sp³-hybridized carbons (Fsp3) is 0.500. The Morgan fingerprint density at radius 3 is 3.15 bits per heavy atom. The summed E-state index contributed by atoms with van der Waals surface area (Å²) < 4.78 is 9.45. The zero-order valence-electron chi connectivity index (χ0n) is 7.27. The number of rotatable bonds is 4. The molecule has 0 aromatic carbocycles. The first-order chi connectivity index (χ1) is 6.24. The van der Waals surface area contributed by atoms with Crippen LogP contribution >= 0.6 is 0 Å². The Bertz CT molecular complexity index is 257. The van der Waals surface area contributed by atoms with E-state index in [4.69, 9.17) is 4.42 Å². The van der Waals surface area contributed by atoms with E-state index in [0.717, 1.165) is 0 Å². The minimum Gasteiger partial charge on any atom is -0.466 e. The van der Waals surface area contributed by atoms with E-state index in [1.165, 1.54) is 12.6 Å². The second-order valence-corrected chi connectivity index (χ2v) is 2.43. The first-order valence-electron chi connectivity index (χ1n) is 3.96. The van der Waals surface area contributed by atoms with Gasteiger partial charge in [0.25, 0.3) is 0 Å². The molecular weight excluding hydrogens is 174 g/mol. The molecule has 0 fully saturated rings. The highest BCUT2D eigenvalue weighted by atomic mass is 16.5. The molecule has 1 rings (SSSR count). The van der Waals surface area contributed by atoms with Gasteiger partial charge in [0.15, 0.2) is 12.2 Å². The average molecular weight is 185 g/mol. The lowest BCUT2D eigenvalue weighted by Gasteiger charge is -2.05. The predicted octanol–water partition coefficient (Wildman–Crippen LogP) is 0.661. The number of ether oxygens (including phenoxy) is 1. The van der Waals surface area contributed by atoms with Crippen LogP contribution in [0.3, 0.4) is 0 Å². The number of hydrogen-bond acceptors (Lipinski definition) is 5. The van der Waals surface area contributed by atoms with Gasteiger partial charge in [0.1, 0.15) is 6.10 Å². The minimum absolute atomic E-state index is 0.108. The summed E-state index contributed by atoms with van der Waals surface area (Å²) in [6.45, 7) is 2.01. The van der Waals surface area contributed by atoms with Gasteiger partial charge >= 0.3 is 5.97 Å². The van der Waals surface area contributed by atoms with E-state index in [9.17, 15) is 9.90 Å². The van der Waals surface area contributed by atoms with Crippen molar-refractivity contribution < 1.29 is 19.1 Å². The number of aliphatic hydroxyl groups excluding tert-OH is 1. The number of nitrogens with zero attached hydrogens (tertiary/aromatic N) is 1. The quantitative estimate of drug-likeness (QED) is 0.697. The van der Waals surface area contributed by atoms with Crippen LogP contribution in [0.2, 0.25) is 0 Å². The van der Waals surface area contributed by atoms with Gasteiger partial charge in [-0.1, -0.05) is 0 Å². The van der Waals surface area contributed by atoms with Gasteiger partial charge in [-0.25, -0.2) is 4.98 Å². The van der Waals surface area contributed by atoms with Gasteiger partial charge in [-0.15, -0.1) is 0 Å². The van der Waals surface area contributed by atoms with Gasteiger partial charge in [-0.05, 0) is 6.92 Å². The summed E-state index contributed by atoms with van der Waals surface area (Å²) in [5.74, 6) is -0.181. The first kappa shape index (κ1) is 9.73. The molecule has 0 amide bonds. The van der Waals surface area contributed by atoms with Crippen molar-refractivity contribution in [2.24, 2.45) is 0 Å². The lowest BCUT2D eigenvalue weighted by atomic mass is 10.2. The summed E-state index contributed by atoms with van der Waals surface area (Å²) >= 11 is 0. The number of carbonyl (C=O) groups is 1. The van der Waals surface area contributed by atoms with E-state index in [0.29, 0.717) is 6.61 Å². The van der Waals surface area contributed by atoms with Crippen LogP contribution < -0.4 is 0 Å². The normalized spacial score (nSPS) is 12.5. The molecule has 0 radical (unpaired) electrons. The van der Waals surface area contributed by atoms with Crippen molar-refractivity contribution in [1.82, 2.24) is 4.98 Å². The molecule has 0 spiro atoms. The highest BCUT2D eigenvalue weighted by molar-refractivity contribution is 5.70. The highest BCUT2D eigenvalue weighted by Gasteiger charge is 2.16. The Morgan fingerprint density at radius 1 is 1.85 bits per heavy atom. The predicted molar refractivity (Wildman–Crippen MR) is 42.7 cm³/mol. The van der Waals surface area contributed by atoms with Gasteiger partial charge in [0, 0.05) is 0 Å². The average Bonchev–Trinajstić information content (AvgIpc) is 2.55. The lowest BCUT2D eigenvalue weighted by molar-refractivity contribution is -0.145. The molecule has 5 nitrogen and oxygen atoms in total. The molecular formula is C8H11NO4. The first-order valence-corrected chi connectivity index (χ1v) is 3.96. The van der Waals surface area contributed by atoms with Gasteiger partial charge in [0.2, 0.25) is 0 Å². The second-order valence-electron chi connectivity index (χ2n) is 2.43. The number of esters is 1. The zero-order chi connectivity index (χ0) is 9.68. The summed E-state index contributed by atoms with van der Waals surface area (Å²) in [5, 5.41) is 9.37. The van der Waals surface area contributed by atoms with E-state index in [-0.39, 0.29) is 12.2 Å². The van der Waals surface area contributed by atoms with E-state index >= 15 is 0 Å². The fourth-order valence-corrected chi connectivity index (χ4v) is 0.869. The van der Waals surface area contributed by atoms with Crippen LogP contribution in [0.25, 0.3) is 0 Å². The topological polar surface area (TPSA) is 72.6 Å². The molecule has 5 heteroatoms. The Kier molecular flexibility index (Phi) is 3.45. The third-order valence-corrected chi connectivity index (χ3v) is 1.45. The maximum atomic E-state index is 10.9.